The minimum Gasteiger partial charge on any atom is -0.489 e. The summed E-state index contributed by atoms with van der Waals surface area (Å²) in [6.45, 7) is 4.83. The number of benzene rings is 2. The second-order valence-electron chi connectivity index (χ2n) is 7.84. The van der Waals surface area contributed by atoms with Crippen molar-refractivity contribution in [2.75, 3.05) is 13.7 Å². The van der Waals surface area contributed by atoms with Gasteiger partial charge in [0.15, 0.2) is 0 Å². The molecule has 1 saturated carbocycles. The number of fused-ring (bicyclic) bond motifs is 1. The van der Waals surface area contributed by atoms with E-state index >= 15 is 0 Å². The fourth-order valence-corrected chi connectivity index (χ4v) is 4.49. The predicted octanol–water partition coefficient (Wildman–Crippen LogP) is 4.10. The first-order valence-electron chi connectivity index (χ1n) is 9.73. The standard InChI is InChI=1S/C24H24O5/c1-16-10-19-15-29-23(26)24(19,12-16)13-17-6-5-8-20(11-17)28-14-18-7-3-4-9-21(18)22(25)27-2/h3-9,11,19H,1,10,12-15H2,2H3. The molecule has 1 saturated heterocycles. The molecular formula is C24H24O5. The second kappa shape index (κ2) is 7.74. The largest absolute Gasteiger partial charge is 0.489 e. The molecule has 4 rings (SSSR count). The van der Waals surface area contributed by atoms with Gasteiger partial charge in [-0.3, -0.25) is 4.79 Å². The summed E-state index contributed by atoms with van der Waals surface area (Å²) < 4.78 is 16.2. The van der Waals surface area contributed by atoms with Crippen molar-refractivity contribution in [1.82, 2.24) is 0 Å². The summed E-state index contributed by atoms with van der Waals surface area (Å²) in [6.07, 6.45) is 2.16. The first-order chi connectivity index (χ1) is 14.0. The zero-order chi connectivity index (χ0) is 20.4. The molecule has 5 nitrogen and oxygen atoms in total. The lowest BCUT2D eigenvalue weighted by molar-refractivity contribution is -0.146. The molecule has 0 radical (unpaired) electrons. The van der Waals surface area contributed by atoms with E-state index in [1.54, 1.807) is 12.1 Å². The van der Waals surface area contributed by atoms with Crippen LogP contribution in [0.25, 0.3) is 0 Å². The summed E-state index contributed by atoms with van der Waals surface area (Å²) in [5.74, 6) is 0.404. The van der Waals surface area contributed by atoms with Crippen molar-refractivity contribution in [2.45, 2.75) is 25.9 Å². The quantitative estimate of drug-likeness (QED) is 0.547. The third-order valence-electron chi connectivity index (χ3n) is 5.94. The van der Waals surface area contributed by atoms with Gasteiger partial charge in [-0.25, -0.2) is 4.79 Å². The van der Waals surface area contributed by atoms with Crippen LogP contribution in [0.4, 0.5) is 0 Å². The van der Waals surface area contributed by atoms with Crippen molar-refractivity contribution in [3.8, 4) is 5.75 Å². The molecule has 150 valence electrons. The maximum Gasteiger partial charge on any atom is 0.338 e. The number of esters is 2. The van der Waals surface area contributed by atoms with Crippen LogP contribution in [0.2, 0.25) is 0 Å². The average molecular weight is 392 g/mol. The lowest BCUT2D eigenvalue weighted by Gasteiger charge is -2.24. The van der Waals surface area contributed by atoms with Crippen molar-refractivity contribution in [1.29, 1.82) is 0 Å². The highest BCUT2D eigenvalue weighted by Crippen LogP contribution is 2.52. The lowest BCUT2D eigenvalue weighted by atomic mass is 9.75. The van der Waals surface area contributed by atoms with Gasteiger partial charge >= 0.3 is 11.9 Å². The number of ether oxygens (including phenoxy) is 3. The van der Waals surface area contributed by atoms with Crippen molar-refractivity contribution in [2.24, 2.45) is 11.3 Å². The average Bonchev–Trinajstić information content (AvgIpc) is 3.20. The first-order valence-corrected chi connectivity index (χ1v) is 9.73. The van der Waals surface area contributed by atoms with E-state index in [0.29, 0.717) is 30.8 Å². The topological polar surface area (TPSA) is 61.8 Å². The molecular weight excluding hydrogens is 368 g/mol. The number of hydrogen-bond acceptors (Lipinski definition) is 5. The van der Waals surface area contributed by atoms with E-state index in [-0.39, 0.29) is 24.5 Å². The lowest BCUT2D eigenvalue weighted by Crippen LogP contribution is -2.31. The highest BCUT2D eigenvalue weighted by molar-refractivity contribution is 5.90. The van der Waals surface area contributed by atoms with E-state index in [2.05, 4.69) is 6.58 Å². The second-order valence-corrected chi connectivity index (χ2v) is 7.84. The van der Waals surface area contributed by atoms with Crippen LogP contribution >= 0.6 is 0 Å². The van der Waals surface area contributed by atoms with Crippen LogP contribution in [0.15, 0.2) is 60.7 Å². The van der Waals surface area contributed by atoms with Crippen molar-refractivity contribution < 1.29 is 23.8 Å². The van der Waals surface area contributed by atoms with Gasteiger partial charge in [-0.2, -0.15) is 0 Å². The Balaban J connectivity index is 1.50. The van der Waals surface area contributed by atoms with Gasteiger partial charge < -0.3 is 14.2 Å². The molecule has 2 unspecified atom stereocenters. The molecule has 0 bridgehead atoms. The molecule has 1 heterocycles. The van der Waals surface area contributed by atoms with Crippen molar-refractivity contribution in [3.05, 3.63) is 77.4 Å². The third-order valence-corrected chi connectivity index (χ3v) is 5.94. The number of allylic oxidation sites excluding steroid dienone is 1. The van der Waals surface area contributed by atoms with E-state index in [9.17, 15) is 9.59 Å². The highest BCUT2D eigenvalue weighted by atomic mass is 16.5. The summed E-state index contributed by atoms with van der Waals surface area (Å²) in [5.41, 5.74) is 2.91. The Morgan fingerprint density at radius 1 is 1.24 bits per heavy atom. The summed E-state index contributed by atoms with van der Waals surface area (Å²) in [4.78, 5) is 24.4. The van der Waals surface area contributed by atoms with Gasteiger partial charge in [0.05, 0.1) is 24.7 Å². The Bertz CT molecular complexity index is 963. The Kier molecular flexibility index (Phi) is 5.14. The van der Waals surface area contributed by atoms with E-state index in [0.717, 1.165) is 23.1 Å². The van der Waals surface area contributed by atoms with E-state index in [4.69, 9.17) is 14.2 Å². The molecule has 0 spiro atoms. The smallest absolute Gasteiger partial charge is 0.338 e. The monoisotopic (exact) mass is 392 g/mol. The highest BCUT2D eigenvalue weighted by Gasteiger charge is 2.55. The number of cyclic esters (lactones) is 1. The van der Waals surface area contributed by atoms with Gasteiger partial charge in [-0.05, 0) is 43.0 Å². The fourth-order valence-electron chi connectivity index (χ4n) is 4.49. The molecule has 2 atom stereocenters. The molecule has 0 amide bonds. The van der Waals surface area contributed by atoms with E-state index in [1.807, 2.05) is 36.4 Å². The molecule has 0 N–H and O–H groups in total. The molecule has 2 aromatic carbocycles. The van der Waals surface area contributed by atoms with Crippen molar-refractivity contribution in [3.63, 3.8) is 0 Å². The van der Waals surface area contributed by atoms with Crippen LogP contribution < -0.4 is 4.74 Å². The number of methoxy groups -OCH3 is 1. The summed E-state index contributed by atoms with van der Waals surface area (Å²) in [5, 5.41) is 0. The van der Waals surface area contributed by atoms with Crippen LogP contribution in [0.3, 0.4) is 0 Å². The molecule has 2 fully saturated rings. The molecule has 0 aromatic heterocycles. The molecule has 2 aliphatic rings. The van der Waals surface area contributed by atoms with E-state index < -0.39 is 5.41 Å². The van der Waals surface area contributed by atoms with Crippen LogP contribution in [-0.2, 0) is 27.3 Å². The Morgan fingerprint density at radius 3 is 2.90 bits per heavy atom. The minimum atomic E-state index is -0.493. The predicted molar refractivity (Wildman–Crippen MR) is 108 cm³/mol. The zero-order valence-electron chi connectivity index (χ0n) is 16.5. The first kappa shape index (κ1) is 19.2. The number of carbonyl (C=O) groups is 2. The summed E-state index contributed by atoms with van der Waals surface area (Å²) >= 11 is 0. The van der Waals surface area contributed by atoms with Gasteiger partial charge in [-0.15, -0.1) is 0 Å². The fraction of sp³-hybridized carbons (Fsp3) is 0.333. The summed E-state index contributed by atoms with van der Waals surface area (Å²) in [7, 11) is 1.36. The normalized spacial score (nSPS) is 22.9. The zero-order valence-corrected chi connectivity index (χ0v) is 16.5. The van der Waals surface area contributed by atoms with Crippen LogP contribution in [0.5, 0.6) is 5.75 Å². The molecule has 1 aliphatic carbocycles. The Hall–Kier alpha value is -3.08. The van der Waals surface area contributed by atoms with Crippen LogP contribution in [0.1, 0.15) is 34.3 Å². The number of carbonyl (C=O) groups excluding carboxylic acids is 2. The SMILES string of the molecule is C=C1CC2COC(=O)C2(Cc2cccc(OCc3ccccc3C(=O)OC)c2)C1. The van der Waals surface area contributed by atoms with Crippen LogP contribution in [-0.4, -0.2) is 25.7 Å². The molecule has 2 aromatic rings. The van der Waals surface area contributed by atoms with Crippen LogP contribution in [0, 0.1) is 11.3 Å². The van der Waals surface area contributed by atoms with Gasteiger partial charge in [0.1, 0.15) is 12.4 Å². The minimum absolute atomic E-state index is 0.112. The molecule has 29 heavy (non-hydrogen) atoms. The number of rotatable bonds is 6. The maximum atomic E-state index is 12.5. The third kappa shape index (κ3) is 3.65. The van der Waals surface area contributed by atoms with Gasteiger partial charge in [0, 0.05) is 11.5 Å². The summed E-state index contributed by atoms with van der Waals surface area (Å²) in [6, 6.07) is 15.0. The van der Waals surface area contributed by atoms with E-state index in [1.165, 1.54) is 7.11 Å². The Labute approximate surface area is 170 Å². The van der Waals surface area contributed by atoms with Gasteiger partial charge in [0.25, 0.3) is 0 Å². The van der Waals surface area contributed by atoms with Gasteiger partial charge in [0.2, 0.25) is 0 Å². The van der Waals surface area contributed by atoms with Crippen molar-refractivity contribution >= 4 is 11.9 Å². The Morgan fingerprint density at radius 2 is 2.07 bits per heavy atom. The number of hydrogen-bond donors (Lipinski definition) is 0. The van der Waals surface area contributed by atoms with Gasteiger partial charge in [-0.1, -0.05) is 42.5 Å². The molecule has 1 aliphatic heterocycles. The maximum absolute atomic E-state index is 12.5. The molecule has 5 heteroatoms.